The maximum Gasteiger partial charge on any atom is 0.427 e. The summed E-state index contributed by atoms with van der Waals surface area (Å²) in [5.41, 5.74) is -6.91. The predicted octanol–water partition coefficient (Wildman–Crippen LogP) is 5.44. The minimum atomic E-state index is -4.96. The van der Waals surface area contributed by atoms with E-state index in [0.717, 1.165) is 4.90 Å². The zero-order valence-corrected chi connectivity index (χ0v) is 33.4. The molecule has 59 heavy (non-hydrogen) atoms. The molecule has 4 atom stereocenters. The molecule has 4 N–H and O–H groups in total. The van der Waals surface area contributed by atoms with Crippen LogP contribution in [-0.4, -0.2) is 94.1 Å². The second-order valence-electron chi connectivity index (χ2n) is 16.8. The van der Waals surface area contributed by atoms with Crippen LogP contribution in [0.5, 0.6) is 5.75 Å². The molecular formula is C39H45F5N6O8S. The van der Waals surface area contributed by atoms with Crippen LogP contribution in [0, 0.1) is 5.41 Å². The minimum absolute atomic E-state index is 0.0666. The number of fused-ring (bicyclic) bond motifs is 5. The normalized spacial score (nSPS) is 27.3. The molecule has 2 saturated carbocycles. The molecule has 1 aromatic carbocycles. The van der Waals surface area contributed by atoms with E-state index in [0.29, 0.717) is 62.4 Å². The number of sulfonamides is 1. The fourth-order valence-electron chi connectivity index (χ4n) is 8.11. The van der Waals surface area contributed by atoms with E-state index in [1.807, 2.05) is 4.72 Å². The number of rotatable bonds is 6. The average Bonchev–Trinajstić information content (AvgIpc) is 4.00. The van der Waals surface area contributed by atoms with Gasteiger partial charge in [-0.15, -0.1) is 0 Å². The molecule has 3 fully saturated rings. The minimum Gasteiger partial charge on any atom is -0.483 e. The number of alkyl carbamates (subject to hydrolysis) is 1. The number of alkyl halides is 5. The van der Waals surface area contributed by atoms with Crippen molar-refractivity contribution in [3.05, 3.63) is 47.2 Å². The number of carbonyl (C=O) groups excluding carboxylic acids is 4. The van der Waals surface area contributed by atoms with Gasteiger partial charge in [0, 0.05) is 22.9 Å². The SMILES string of the molecule is CC(C)(OC(=O)NC1CCCCCCC=C2C(=N)C2(C(=O)NS(=O)(=O)C2(C)CC2)NC(=O)C2CC3(CCc4c(c(C(F)F)nc5ccccc45)O3)CN2C1=O)C(F)(F)F. The van der Waals surface area contributed by atoms with Gasteiger partial charge in [0.05, 0.1) is 22.5 Å². The monoisotopic (exact) mass is 852 g/mol. The van der Waals surface area contributed by atoms with Gasteiger partial charge in [-0.3, -0.25) is 14.4 Å². The Morgan fingerprint density at radius 2 is 1.78 bits per heavy atom. The lowest BCUT2D eigenvalue weighted by Crippen LogP contribution is -2.59. The maximum atomic E-state index is 14.7. The number of aromatic nitrogens is 1. The molecule has 0 bridgehead atoms. The Kier molecular flexibility index (Phi) is 10.5. The van der Waals surface area contributed by atoms with Crippen LogP contribution < -0.4 is 20.1 Å². The molecule has 5 aliphatic rings. The van der Waals surface area contributed by atoms with Gasteiger partial charge in [-0.2, -0.15) is 13.2 Å². The largest absolute Gasteiger partial charge is 0.483 e. The van der Waals surface area contributed by atoms with Gasteiger partial charge in [-0.1, -0.05) is 43.5 Å². The number of carbonyl (C=O) groups is 4. The van der Waals surface area contributed by atoms with Gasteiger partial charge in [0.25, 0.3) is 12.3 Å². The number of nitrogens with zero attached hydrogens (tertiary/aromatic N) is 2. The number of amides is 4. The first-order valence-corrected chi connectivity index (χ1v) is 21.0. The number of hydrogen-bond donors (Lipinski definition) is 4. The molecule has 1 aromatic heterocycles. The van der Waals surface area contributed by atoms with E-state index in [-0.39, 0.29) is 55.6 Å². The van der Waals surface area contributed by atoms with E-state index < -0.39 is 92.3 Å². The van der Waals surface area contributed by atoms with Gasteiger partial charge in [-0.25, -0.2) is 31.7 Å². The molecule has 7 rings (SSSR count). The molecule has 4 unspecified atom stereocenters. The lowest BCUT2D eigenvalue weighted by atomic mass is 9.87. The molecule has 14 nitrogen and oxygen atoms in total. The summed E-state index contributed by atoms with van der Waals surface area (Å²) in [7, 11) is -4.25. The van der Waals surface area contributed by atoms with Crippen molar-refractivity contribution in [1.29, 1.82) is 5.41 Å². The fourth-order valence-corrected chi connectivity index (χ4v) is 9.39. The molecule has 3 aliphatic heterocycles. The first kappa shape index (κ1) is 42.3. The van der Waals surface area contributed by atoms with Crippen molar-refractivity contribution in [1.82, 2.24) is 25.2 Å². The summed E-state index contributed by atoms with van der Waals surface area (Å²) in [4.78, 5) is 61.4. The van der Waals surface area contributed by atoms with Gasteiger partial charge in [-0.05, 0) is 71.8 Å². The highest BCUT2D eigenvalue weighted by Gasteiger charge is 2.66. The molecule has 2 aromatic rings. The van der Waals surface area contributed by atoms with E-state index in [1.54, 1.807) is 30.3 Å². The Labute approximate surface area is 336 Å². The number of halogens is 5. The van der Waals surface area contributed by atoms with E-state index in [4.69, 9.17) is 14.9 Å². The van der Waals surface area contributed by atoms with E-state index in [2.05, 4.69) is 15.6 Å². The third kappa shape index (κ3) is 7.60. The zero-order valence-electron chi connectivity index (χ0n) is 32.6. The second kappa shape index (κ2) is 14.7. The molecule has 2 aliphatic carbocycles. The van der Waals surface area contributed by atoms with Crippen molar-refractivity contribution in [2.75, 3.05) is 6.54 Å². The Hall–Kier alpha value is -4.88. The topological polar surface area (TPSA) is 197 Å². The van der Waals surface area contributed by atoms with Crippen LogP contribution >= 0.6 is 0 Å². The standard InChI is InChI=1S/C39H45F5N6O8S/c1-35(2,39(42,43)44)58-34(54)47-25-14-8-6-4-5-7-12-23-29(45)38(23,33(53)49-59(55,56)36(3)17-18-36)48-31(51)26-19-37(20-50(26)32(25)52)16-15-22-21-11-9-10-13-24(21)46-27(30(40)41)28(22)57-37/h9-13,25-26,30,45H,4-8,14-20H2,1-3H3,(H,47,54)(H,48,51)(H,49,53). The van der Waals surface area contributed by atoms with Gasteiger partial charge in [0.15, 0.2) is 11.3 Å². The quantitative estimate of drug-likeness (QED) is 0.274. The number of ether oxygens (including phenoxy) is 2. The van der Waals surface area contributed by atoms with Gasteiger partial charge < -0.3 is 30.4 Å². The number of para-hydroxylation sites is 1. The number of aryl methyl sites for hydroxylation is 1. The van der Waals surface area contributed by atoms with Crippen LogP contribution in [0.25, 0.3) is 10.9 Å². The Morgan fingerprint density at radius 1 is 1.08 bits per heavy atom. The van der Waals surface area contributed by atoms with Crippen molar-refractivity contribution in [2.45, 2.75) is 138 Å². The molecule has 20 heteroatoms. The zero-order chi connectivity index (χ0) is 42.9. The molecule has 4 heterocycles. The number of allylic oxidation sites excluding steroid dienone is 1. The molecule has 1 saturated heterocycles. The van der Waals surface area contributed by atoms with E-state index >= 15 is 0 Å². The Balaban J connectivity index is 1.27. The van der Waals surface area contributed by atoms with Crippen molar-refractivity contribution in [3.8, 4) is 5.75 Å². The van der Waals surface area contributed by atoms with Crippen LogP contribution in [0.4, 0.5) is 26.7 Å². The van der Waals surface area contributed by atoms with Crippen molar-refractivity contribution in [2.24, 2.45) is 0 Å². The summed E-state index contributed by atoms with van der Waals surface area (Å²) in [5, 5.41) is 14.1. The third-order valence-corrected chi connectivity index (χ3v) is 14.4. The van der Waals surface area contributed by atoms with Gasteiger partial charge in [0.1, 0.15) is 23.4 Å². The summed E-state index contributed by atoms with van der Waals surface area (Å²) in [6.07, 6.45) is -5.47. The predicted molar refractivity (Wildman–Crippen MR) is 201 cm³/mol. The molecule has 4 amide bonds. The summed E-state index contributed by atoms with van der Waals surface area (Å²) >= 11 is 0. The Morgan fingerprint density at radius 3 is 2.46 bits per heavy atom. The van der Waals surface area contributed by atoms with Gasteiger partial charge >= 0.3 is 12.3 Å². The van der Waals surface area contributed by atoms with Crippen LogP contribution in [0.15, 0.2) is 35.9 Å². The van der Waals surface area contributed by atoms with E-state index in [1.165, 1.54) is 6.92 Å². The van der Waals surface area contributed by atoms with Crippen LogP contribution in [0.3, 0.4) is 0 Å². The first-order valence-electron chi connectivity index (χ1n) is 19.5. The third-order valence-electron chi connectivity index (χ3n) is 12.2. The number of benzene rings is 1. The van der Waals surface area contributed by atoms with Gasteiger partial charge in [0.2, 0.25) is 27.4 Å². The second-order valence-corrected chi connectivity index (χ2v) is 19.0. The highest BCUT2D eigenvalue weighted by molar-refractivity contribution is 7.91. The van der Waals surface area contributed by atoms with Crippen molar-refractivity contribution < 1.29 is 59.0 Å². The highest BCUT2D eigenvalue weighted by Crippen LogP contribution is 2.48. The fraction of sp³-hybridized carbons (Fsp3) is 0.590. The first-order chi connectivity index (χ1) is 27.5. The molecule has 0 radical (unpaired) electrons. The molecule has 320 valence electrons. The van der Waals surface area contributed by atoms with Crippen molar-refractivity contribution >= 4 is 50.5 Å². The van der Waals surface area contributed by atoms with Crippen molar-refractivity contribution in [3.63, 3.8) is 0 Å². The Bertz CT molecular complexity index is 2260. The van der Waals surface area contributed by atoms with Crippen LogP contribution in [-0.2, 0) is 35.6 Å². The number of pyridine rings is 1. The molecular weight excluding hydrogens is 808 g/mol. The van der Waals surface area contributed by atoms with Crippen LogP contribution in [0.2, 0.25) is 0 Å². The summed E-state index contributed by atoms with van der Waals surface area (Å²) in [5.74, 6) is -3.37. The summed E-state index contributed by atoms with van der Waals surface area (Å²) in [6.45, 7) is 2.31. The smallest absolute Gasteiger partial charge is 0.427 e. The highest BCUT2D eigenvalue weighted by atomic mass is 32.2. The lowest BCUT2D eigenvalue weighted by molar-refractivity contribution is -0.244. The summed E-state index contributed by atoms with van der Waals surface area (Å²) in [6, 6.07) is 3.53. The number of nitrogens with one attached hydrogen (secondary N) is 4. The molecule has 1 spiro atoms. The van der Waals surface area contributed by atoms with E-state index in [9.17, 15) is 49.5 Å². The maximum absolute atomic E-state index is 14.7. The van der Waals surface area contributed by atoms with Crippen LogP contribution in [0.1, 0.15) is 103 Å². The number of hydrogen-bond acceptors (Lipinski definition) is 10. The average molecular weight is 853 g/mol. The summed E-state index contributed by atoms with van der Waals surface area (Å²) < 4.78 is 109. The lowest BCUT2D eigenvalue weighted by Gasteiger charge is -2.37.